The van der Waals surface area contributed by atoms with Gasteiger partial charge in [-0.15, -0.1) is 0 Å². The number of anilines is 1. The van der Waals surface area contributed by atoms with Gasteiger partial charge >= 0.3 is 5.97 Å². The molecule has 0 fully saturated rings. The predicted molar refractivity (Wildman–Crippen MR) is 86.2 cm³/mol. The summed E-state index contributed by atoms with van der Waals surface area (Å²) in [6, 6.07) is 5.97. The first-order valence-corrected chi connectivity index (χ1v) is 7.14. The molecule has 1 rings (SSSR count). The van der Waals surface area contributed by atoms with E-state index in [1.165, 1.54) is 7.11 Å². The van der Waals surface area contributed by atoms with Crippen LogP contribution in [-0.4, -0.2) is 24.1 Å². The quantitative estimate of drug-likeness (QED) is 0.645. The number of ether oxygens (including phenoxy) is 1. The van der Waals surface area contributed by atoms with E-state index in [9.17, 15) is 9.59 Å². The minimum absolute atomic E-state index is 0.0372. The molecule has 1 amide bonds. The van der Waals surface area contributed by atoms with Crippen molar-refractivity contribution in [1.82, 2.24) is 5.32 Å². The standard InChI is InChI=1S/C15H20N2O3S/c1-4-11-7-5-6-10(2)14(11)17-15(21)16-12(18)8-9-13(19)20-3/h5-7H,4,8-9H2,1-3H3,(H2,16,17,18,21). The predicted octanol–water partition coefficient (Wildman–Crippen LogP) is 2.32. The summed E-state index contributed by atoms with van der Waals surface area (Å²) in [5.41, 5.74) is 3.10. The first-order valence-electron chi connectivity index (χ1n) is 6.74. The second-order valence-electron chi connectivity index (χ2n) is 4.54. The molecule has 0 aromatic heterocycles. The summed E-state index contributed by atoms with van der Waals surface area (Å²) in [7, 11) is 1.29. The van der Waals surface area contributed by atoms with Crippen molar-refractivity contribution < 1.29 is 14.3 Å². The molecule has 5 nitrogen and oxygen atoms in total. The minimum Gasteiger partial charge on any atom is -0.469 e. The molecule has 0 radical (unpaired) electrons. The molecule has 0 spiro atoms. The van der Waals surface area contributed by atoms with E-state index in [2.05, 4.69) is 22.3 Å². The maximum atomic E-state index is 11.7. The van der Waals surface area contributed by atoms with Crippen molar-refractivity contribution in [3.8, 4) is 0 Å². The number of thiocarbonyl (C=S) groups is 1. The van der Waals surface area contributed by atoms with Crippen LogP contribution >= 0.6 is 12.2 Å². The van der Waals surface area contributed by atoms with E-state index in [0.29, 0.717) is 0 Å². The van der Waals surface area contributed by atoms with E-state index in [1.807, 2.05) is 25.1 Å². The van der Waals surface area contributed by atoms with Gasteiger partial charge in [-0.2, -0.15) is 0 Å². The van der Waals surface area contributed by atoms with Gasteiger partial charge in [-0.1, -0.05) is 25.1 Å². The molecular weight excluding hydrogens is 288 g/mol. The third kappa shape index (κ3) is 5.51. The Hall–Kier alpha value is -1.95. The van der Waals surface area contributed by atoms with Gasteiger partial charge in [0.05, 0.1) is 13.5 Å². The molecule has 114 valence electrons. The van der Waals surface area contributed by atoms with Gasteiger partial charge in [0.25, 0.3) is 0 Å². The van der Waals surface area contributed by atoms with Gasteiger partial charge < -0.3 is 15.4 Å². The average Bonchev–Trinajstić information content (AvgIpc) is 2.46. The normalized spacial score (nSPS) is 9.86. The first-order chi connectivity index (χ1) is 9.97. The largest absolute Gasteiger partial charge is 0.469 e. The molecule has 6 heteroatoms. The lowest BCUT2D eigenvalue weighted by molar-refractivity contribution is -0.142. The summed E-state index contributed by atoms with van der Waals surface area (Å²) in [6.07, 6.45) is 0.946. The van der Waals surface area contributed by atoms with Crippen molar-refractivity contribution in [1.29, 1.82) is 0 Å². The summed E-state index contributed by atoms with van der Waals surface area (Å²) in [5.74, 6) is -0.735. The van der Waals surface area contributed by atoms with Crippen LogP contribution < -0.4 is 10.6 Å². The number of benzene rings is 1. The maximum absolute atomic E-state index is 11.7. The molecule has 0 heterocycles. The zero-order chi connectivity index (χ0) is 15.8. The van der Waals surface area contributed by atoms with Gasteiger partial charge in [0.1, 0.15) is 0 Å². The van der Waals surface area contributed by atoms with Crippen LogP contribution in [0.25, 0.3) is 0 Å². The van der Waals surface area contributed by atoms with Gasteiger partial charge in [0.15, 0.2) is 5.11 Å². The Morgan fingerprint density at radius 1 is 1.29 bits per heavy atom. The maximum Gasteiger partial charge on any atom is 0.306 e. The summed E-state index contributed by atoms with van der Waals surface area (Å²) < 4.78 is 4.48. The average molecular weight is 308 g/mol. The highest BCUT2D eigenvalue weighted by molar-refractivity contribution is 7.80. The molecule has 1 aromatic rings. The minimum atomic E-state index is -0.420. The third-order valence-electron chi connectivity index (χ3n) is 3.02. The number of rotatable bonds is 5. The van der Waals surface area contributed by atoms with E-state index in [-0.39, 0.29) is 23.9 Å². The Morgan fingerprint density at radius 3 is 2.62 bits per heavy atom. The molecule has 0 unspecified atom stereocenters. The van der Waals surface area contributed by atoms with Crippen molar-refractivity contribution >= 4 is 34.9 Å². The Balaban J connectivity index is 2.58. The fraction of sp³-hybridized carbons (Fsp3) is 0.400. The summed E-state index contributed by atoms with van der Waals surface area (Å²) in [5, 5.41) is 5.84. The van der Waals surface area contributed by atoms with E-state index in [0.717, 1.165) is 23.2 Å². The fourth-order valence-electron chi connectivity index (χ4n) is 1.85. The van der Waals surface area contributed by atoms with Crippen molar-refractivity contribution in [3.05, 3.63) is 29.3 Å². The topological polar surface area (TPSA) is 67.4 Å². The zero-order valence-corrected chi connectivity index (χ0v) is 13.3. The molecule has 0 saturated carbocycles. The van der Waals surface area contributed by atoms with Crippen molar-refractivity contribution in [2.24, 2.45) is 0 Å². The van der Waals surface area contributed by atoms with Crippen molar-refractivity contribution in [2.45, 2.75) is 33.1 Å². The van der Waals surface area contributed by atoms with Crippen LogP contribution in [-0.2, 0) is 20.7 Å². The Morgan fingerprint density at radius 2 is 2.00 bits per heavy atom. The molecule has 2 N–H and O–H groups in total. The molecule has 0 atom stereocenters. The van der Waals surface area contributed by atoms with Crippen LogP contribution in [0.1, 0.15) is 30.9 Å². The molecule has 1 aromatic carbocycles. The fourth-order valence-corrected chi connectivity index (χ4v) is 2.07. The molecule has 0 aliphatic heterocycles. The van der Waals surface area contributed by atoms with Gasteiger partial charge in [-0.25, -0.2) is 0 Å². The van der Waals surface area contributed by atoms with Crippen LogP contribution in [0.15, 0.2) is 18.2 Å². The highest BCUT2D eigenvalue weighted by Crippen LogP contribution is 2.20. The number of amides is 1. The number of aryl methyl sites for hydroxylation is 2. The van der Waals surface area contributed by atoms with Crippen LogP contribution in [0.2, 0.25) is 0 Å². The zero-order valence-electron chi connectivity index (χ0n) is 12.5. The van der Waals surface area contributed by atoms with Crippen LogP contribution in [0.4, 0.5) is 5.69 Å². The number of hydrogen-bond donors (Lipinski definition) is 2. The van der Waals surface area contributed by atoms with Gasteiger partial charge in [-0.3, -0.25) is 9.59 Å². The number of carbonyl (C=O) groups is 2. The number of hydrogen-bond acceptors (Lipinski definition) is 4. The Bertz CT molecular complexity index is 544. The van der Waals surface area contributed by atoms with Crippen LogP contribution in [0, 0.1) is 6.92 Å². The summed E-state index contributed by atoms with van der Waals surface area (Å²) in [6.45, 7) is 4.03. The number of methoxy groups -OCH3 is 1. The SMILES string of the molecule is CCc1cccc(C)c1NC(=S)NC(=O)CCC(=O)OC. The van der Waals surface area contributed by atoms with Crippen LogP contribution in [0.5, 0.6) is 0 Å². The Labute approximate surface area is 130 Å². The lowest BCUT2D eigenvalue weighted by Gasteiger charge is -2.15. The third-order valence-corrected chi connectivity index (χ3v) is 3.22. The van der Waals surface area contributed by atoms with Gasteiger partial charge in [-0.05, 0) is 36.7 Å². The molecule has 0 aliphatic carbocycles. The Kier molecular flexibility index (Phi) is 6.81. The number of nitrogens with one attached hydrogen (secondary N) is 2. The van der Waals surface area contributed by atoms with E-state index < -0.39 is 5.97 Å². The monoisotopic (exact) mass is 308 g/mol. The summed E-state index contributed by atoms with van der Waals surface area (Å²) >= 11 is 5.13. The molecular formula is C15H20N2O3S. The van der Waals surface area contributed by atoms with E-state index in [1.54, 1.807) is 0 Å². The summed E-state index contributed by atoms with van der Waals surface area (Å²) in [4.78, 5) is 22.6. The highest BCUT2D eigenvalue weighted by Gasteiger charge is 2.10. The van der Waals surface area contributed by atoms with Crippen molar-refractivity contribution in [2.75, 3.05) is 12.4 Å². The van der Waals surface area contributed by atoms with Crippen molar-refractivity contribution in [3.63, 3.8) is 0 Å². The number of esters is 1. The number of para-hydroxylation sites is 1. The second-order valence-corrected chi connectivity index (χ2v) is 4.95. The second kappa shape index (κ2) is 8.36. The van der Waals surface area contributed by atoms with Crippen LogP contribution in [0.3, 0.4) is 0 Å². The number of carbonyl (C=O) groups excluding carboxylic acids is 2. The molecule has 21 heavy (non-hydrogen) atoms. The highest BCUT2D eigenvalue weighted by atomic mass is 32.1. The van der Waals surface area contributed by atoms with Gasteiger partial charge in [0.2, 0.25) is 5.91 Å². The molecule has 0 aliphatic rings. The molecule has 0 bridgehead atoms. The smallest absolute Gasteiger partial charge is 0.306 e. The van der Waals surface area contributed by atoms with E-state index >= 15 is 0 Å². The lowest BCUT2D eigenvalue weighted by atomic mass is 10.1. The van der Waals surface area contributed by atoms with E-state index in [4.69, 9.17) is 12.2 Å². The van der Waals surface area contributed by atoms with Gasteiger partial charge in [0, 0.05) is 12.1 Å². The lowest BCUT2D eigenvalue weighted by Crippen LogP contribution is -2.34. The molecule has 0 saturated heterocycles. The first kappa shape index (κ1) is 17.1.